The summed E-state index contributed by atoms with van der Waals surface area (Å²) in [6.45, 7) is 4.75. The molecule has 11 nitrogen and oxygen atoms in total. The van der Waals surface area contributed by atoms with Crippen LogP contribution in [-0.2, 0) is 23.2 Å². The molecule has 216 valence electrons. The third kappa shape index (κ3) is 9.81. The number of piperidine rings is 1. The SMILES string of the molecule is Cn1cc(CN2CCCC3(CCN(C(=O)c4cnccn4)C3)C2)cn1.O=C(O)C(F)(F)F.O=C(O)C(F)(F)F. The largest absolute Gasteiger partial charge is 0.490 e. The summed E-state index contributed by atoms with van der Waals surface area (Å²) in [5.74, 6) is -5.51. The molecule has 0 aliphatic carbocycles. The summed E-state index contributed by atoms with van der Waals surface area (Å²) in [7, 11) is 1.95. The number of halogens is 6. The summed E-state index contributed by atoms with van der Waals surface area (Å²) in [6.07, 6.45) is 2.05. The van der Waals surface area contributed by atoms with E-state index in [1.165, 1.54) is 18.4 Å². The van der Waals surface area contributed by atoms with Crippen molar-refractivity contribution in [2.24, 2.45) is 12.5 Å². The van der Waals surface area contributed by atoms with Gasteiger partial charge in [-0.15, -0.1) is 0 Å². The van der Waals surface area contributed by atoms with Crippen LogP contribution in [0, 0.1) is 5.41 Å². The molecular weight excluding hydrogens is 542 g/mol. The molecule has 2 N–H and O–H groups in total. The Hall–Kier alpha value is -3.76. The van der Waals surface area contributed by atoms with Crippen LogP contribution in [-0.4, -0.2) is 96.1 Å². The molecule has 1 spiro atoms. The van der Waals surface area contributed by atoms with E-state index in [1.807, 2.05) is 22.8 Å². The molecule has 2 aromatic rings. The van der Waals surface area contributed by atoms with E-state index in [1.54, 1.807) is 18.6 Å². The fourth-order valence-corrected chi connectivity index (χ4v) is 4.27. The first kappa shape index (κ1) is 31.5. The van der Waals surface area contributed by atoms with Gasteiger partial charge >= 0.3 is 24.3 Å². The van der Waals surface area contributed by atoms with E-state index in [4.69, 9.17) is 19.8 Å². The quantitative estimate of drug-likeness (QED) is 0.535. The highest BCUT2D eigenvalue weighted by atomic mass is 19.4. The van der Waals surface area contributed by atoms with E-state index in [0.717, 1.165) is 39.1 Å². The molecule has 1 atom stereocenters. The van der Waals surface area contributed by atoms with Gasteiger partial charge in [0.25, 0.3) is 5.91 Å². The first-order valence-electron chi connectivity index (χ1n) is 11.4. The van der Waals surface area contributed by atoms with Crippen LogP contribution >= 0.6 is 0 Å². The van der Waals surface area contributed by atoms with Crippen molar-refractivity contribution in [2.45, 2.75) is 38.2 Å². The fourth-order valence-electron chi connectivity index (χ4n) is 4.27. The Bertz CT molecular complexity index is 1100. The van der Waals surface area contributed by atoms with E-state index >= 15 is 0 Å². The minimum Gasteiger partial charge on any atom is -0.475 e. The molecule has 17 heteroatoms. The van der Waals surface area contributed by atoms with Crippen molar-refractivity contribution >= 4 is 17.8 Å². The Labute approximate surface area is 218 Å². The maximum absolute atomic E-state index is 12.6. The number of aryl methyl sites for hydroxylation is 1. The van der Waals surface area contributed by atoms with Crippen LogP contribution in [0.15, 0.2) is 31.0 Å². The second-order valence-electron chi connectivity index (χ2n) is 9.01. The number of alkyl halides is 6. The predicted octanol–water partition coefficient (Wildman–Crippen LogP) is 2.60. The number of likely N-dealkylation sites (tertiary alicyclic amines) is 2. The van der Waals surface area contributed by atoms with Gasteiger partial charge in [-0.1, -0.05) is 0 Å². The van der Waals surface area contributed by atoms with Crippen molar-refractivity contribution in [3.63, 3.8) is 0 Å². The molecule has 0 saturated carbocycles. The van der Waals surface area contributed by atoms with Gasteiger partial charge in [0.05, 0.1) is 12.4 Å². The van der Waals surface area contributed by atoms with Crippen molar-refractivity contribution < 1.29 is 50.9 Å². The molecule has 0 radical (unpaired) electrons. The summed E-state index contributed by atoms with van der Waals surface area (Å²) < 4.78 is 65.3. The van der Waals surface area contributed by atoms with Gasteiger partial charge in [0.2, 0.25) is 0 Å². The van der Waals surface area contributed by atoms with E-state index in [9.17, 15) is 31.1 Å². The minimum atomic E-state index is -5.08. The number of amides is 1. The zero-order valence-corrected chi connectivity index (χ0v) is 20.6. The first-order chi connectivity index (χ1) is 18.0. The maximum atomic E-state index is 12.6. The molecule has 1 amide bonds. The Kier molecular flexibility index (Phi) is 10.4. The van der Waals surface area contributed by atoms with Crippen molar-refractivity contribution in [3.05, 3.63) is 42.2 Å². The number of hydrogen-bond acceptors (Lipinski definition) is 7. The molecule has 0 bridgehead atoms. The lowest BCUT2D eigenvalue weighted by molar-refractivity contribution is -0.193. The average molecular weight is 568 g/mol. The number of carbonyl (C=O) groups excluding carboxylic acids is 1. The van der Waals surface area contributed by atoms with Crippen LogP contribution in [0.25, 0.3) is 0 Å². The Balaban J connectivity index is 0.000000317. The Morgan fingerprint density at radius 3 is 2.05 bits per heavy atom. The van der Waals surface area contributed by atoms with Crippen LogP contribution < -0.4 is 0 Å². The molecule has 1 unspecified atom stereocenters. The lowest BCUT2D eigenvalue weighted by Gasteiger charge is -2.40. The van der Waals surface area contributed by atoms with Crippen molar-refractivity contribution in [1.29, 1.82) is 0 Å². The second-order valence-corrected chi connectivity index (χ2v) is 9.01. The number of carbonyl (C=O) groups is 3. The van der Waals surface area contributed by atoms with Crippen molar-refractivity contribution in [3.8, 4) is 0 Å². The van der Waals surface area contributed by atoms with Crippen LogP contribution in [0.2, 0.25) is 0 Å². The molecule has 4 rings (SSSR count). The summed E-state index contributed by atoms with van der Waals surface area (Å²) >= 11 is 0. The highest BCUT2D eigenvalue weighted by molar-refractivity contribution is 5.92. The highest BCUT2D eigenvalue weighted by Crippen LogP contribution is 2.39. The van der Waals surface area contributed by atoms with E-state index < -0.39 is 24.3 Å². The van der Waals surface area contributed by atoms with E-state index in [-0.39, 0.29) is 11.3 Å². The van der Waals surface area contributed by atoms with Gasteiger partial charge in [-0.25, -0.2) is 14.6 Å². The van der Waals surface area contributed by atoms with Crippen molar-refractivity contribution in [1.82, 2.24) is 29.5 Å². The number of hydrogen-bond donors (Lipinski definition) is 2. The zero-order valence-electron chi connectivity index (χ0n) is 20.6. The van der Waals surface area contributed by atoms with Crippen LogP contribution in [0.4, 0.5) is 26.3 Å². The van der Waals surface area contributed by atoms with Gasteiger partial charge in [-0.05, 0) is 25.8 Å². The average Bonchev–Trinajstić information content (AvgIpc) is 3.44. The molecule has 0 aromatic carbocycles. The lowest BCUT2D eigenvalue weighted by Crippen LogP contribution is -2.45. The molecule has 4 heterocycles. The second kappa shape index (κ2) is 12.9. The van der Waals surface area contributed by atoms with Gasteiger partial charge < -0.3 is 15.1 Å². The monoisotopic (exact) mass is 568 g/mol. The molecule has 2 aromatic heterocycles. The lowest BCUT2D eigenvalue weighted by atomic mass is 9.79. The maximum Gasteiger partial charge on any atom is 0.490 e. The zero-order chi connectivity index (χ0) is 29.4. The third-order valence-corrected chi connectivity index (χ3v) is 5.90. The topological polar surface area (TPSA) is 142 Å². The molecule has 39 heavy (non-hydrogen) atoms. The number of aromatic nitrogens is 4. The molecule has 2 aliphatic rings. The van der Waals surface area contributed by atoms with Crippen molar-refractivity contribution in [2.75, 3.05) is 26.2 Å². The van der Waals surface area contributed by atoms with E-state index in [0.29, 0.717) is 5.69 Å². The number of carboxylic acids is 2. The highest BCUT2D eigenvalue weighted by Gasteiger charge is 2.43. The van der Waals surface area contributed by atoms with E-state index in [2.05, 4.69) is 26.2 Å². The number of rotatable bonds is 3. The van der Waals surface area contributed by atoms with Gasteiger partial charge in [0, 0.05) is 62.8 Å². The standard InChI is InChI=1S/C18H24N6O.2C2HF3O2/c1-22-11-15(9-21-22)12-23-7-2-3-18(13-23)4-8-24(14-18)17(25)16-10-19-5-6-20-16;2*3-2(4,5)1(6)7/h5-6,9-11H,2-4,7-8,12-14H2,1H3;2*(H,6,7). The van der Waals surface area contributed by atoms with Gasteiger partial charge in [-0.3, -0.25) is 19.4 Å². The predicted molar refractivity (Wildman–Crippen MR) is 120 cm³/mol. The Morgan fingerprint density at radius 1 is 0.949 bits per heavy atom. The first-order valence-corrected chi connectivity index (χ1v) is 11.4. The summed E-state index contributed by atoms with van der Waals surface area (Å²) in [5, 5.41) is 18.5. The molecule has 2 aliphatic heterocycles. The molecule has 2 saturated heterocycles. The summed E-state index contributed by atoms with van der Waals surface area (Å²) in [6, 6.07) is 0. The fraction of sp³-hybridized carbons (Fsp3) is 0.545. The van der Waals surface area contributed by atoms with Crippen LogP contribution in [0.1, 0.15) is 35.3 Å². The third-order valence-electron chi connectivity index (χ3n) is 5.90. The number of aliphatic carboxylic acids is 2. The van der Waals surface area contributed by atoms with Gasteiger partial charge in [0.15, 0.2) is 0 Å². The van der Waals surface area contributed by atoms with Gasteiger partial charge in [-0.2, -0.15) is 31.4 Å². The number of carboxylic acid groups (broad SMARTS) is 2. The normalized spacial score (nSPS) is 19.5. The summed E-state index contributed by atoms with van der Waals surface area (Å²) in [4.78, 5) is 43.1. The summed E-state index contributed by atoms with van der Waals surface area (Å²) in [5.41, 5.74) is 1.92. The minimum absolute atomic E-state index is 0.00866. The number of nitrogens with zero attached hydrogens (tertiary/aromatic N) is 6. The van der Waals surface area contributed by atoms with Crippen LogP contribution in [0.5, 0.6) is 0 Å². The smallest absolute Gasteiger partial charge is 0.475 e. The van der Waals surface area contributed by atoms with Crippen LogP contribution in [0.3, 0.4) is 0 Å². The molecular formula is C22H26F6N6O5. The molecule has 2 fully saturated rings. The Morgan fingerprint density at radius 2 is 1.56 bits per heavy atom. The van der Waals surface area contributed by atoms with Gasteiger partial charge in [0.1, 0.15) is 5.69 Å².